The number of halogens is 1. The van der Waals surface area contributed by atoms with Crippen LogP contribution in [0.4, 0.5) is 4.79 Å². The highest BCUT2D eigenvalue weighted by Gasteiger charge is 2.56. The van der Waals surface area contributed by atoms with Gasteiger partial charge in [-0.05, 0) is 60.4 Å². The topological polar surface area (TPSA) is 57.7 Å². The van der Waals surface area contributed by atoms with Crippen molar-refractivity contribution in [3.63, 3.8) is 0 Å². The molecule has 25 heavy (non-hydrogen) atoms. The molecule has 3 amide bonds. The van der Waals surface area contributed by atoms with E-state index in [9.17, 15) is 14.4 Å². The van der Waals surface area contributed by atoms with Gasteiger partial charge in [-0.15, -0.1) is 0 Å². The van der Waals surface area contributed by atoms with Crippen molar-refractivity contribution >= 4 is 40.3 Å². The summed E-state index contributed by atoms with van der Waals surface area (Å²) in [6.45, 7) is 1.67. The molecule has 1 aromatic carbocycles. The number of carbonyl (C=O) groups is 3. The second-order valence-corrected chi connectivity index (χ2v) is 8.39. The van der Waals surface area contributed by atoms with Gasteiger partial charge in [0.1, 0.15) is 5.54 Å². The van der Waals surface area contributed by atoms with Crippen LogP contribution in [0.5, 0.6) is 0 Å². The molecule has 3 rings (SSSR count). The minimum absolute atomic E-state index is 0.167. The van der Waals surface area contributed by atoms with E-state index in [2.05, 4.69) is 22.6 Å². The Hall–Kier alpha value is -1.44. The fourth-order valence-electron chi connectivity index (χ4n) is 4.03. The van der Waals surface area contributed by atoms with Gasteiger partial charge in [-0.2, -0.15) is 0 Å². The molecule has 5 nitrogen and oxygen atoms in total. The summed E-state index contributed by atoms with van der Waals surface area (Å²) in [5, 5.41) is 0. The fraction of sp³-hybridized carbons (Fsp3) is 0.526. The van der Waals surface area contributed by atoms with Crippen LogP contribution in [0.2, 0.25) is 0 Å². The summed E-state index contributed by atoms with van der Waals surface area (Å²) in [6, 6.07) is 6.84. The van der Waals surface area contributed by atoms with Gasteiger partial charge < -0.3 is 4.90 Å². The van der Waals surface area contributed by atoms with Gasteiger partial charge in [0.05, 0.1) is 6.54 Å². The van der Waals surface area contributed by atoms with E-state index in [0.717, 1.165) is 34.2 Å². The summed E-state index contributed by atoms with van der Waals surface area (Å²) in [6.07, 6.45) is 5.29. The average Bonchev–Trinajstić information content (AvgIpc) is 2.78. The third kappa shape index (κ3) is 3.20. The lowest BCUT2D eigenvalue weighted by atomic mass is 9.75. The molecule has 6 heteroatoms. The maximum atomic E-state index is 13.1. The molecule has 0 bridgehead atoms. The van der Waals surface area contributed by atoms with Crippen LogP contribution in [0, 0.1) is 9.49 Å². The molecule has 0 spiro atoms. The van der Waals surface area contributed by atoms with Crippen LogP contribution in [0.25, 0.3) is 0 Å². The van der Waals surface area contributed by atoms with Crippen molar-refractivity contribution in [3.05, 3.63) is 33.4 Å². The molecule has 1 atom stereocenters. The van der Waals surface area contributed by atoms with E-state index < -0.39 is 5.54 Å². The quantitative estimate of drug-likeness (QED) is 0.396. The number of hydrogen-bond donors (Lipinski definition) is 0. The molecular weight excluding hydrogens is 431 g/mol. The molecular formula is C19H23IN2O3. The lowest BCUT2D eigenvalue weighted by Gasteiger charge is -2.38. The van der Waals surface area contributed by atoms with Crippen molar-refractivity contribution in [2.24, 2.45) is 5.92 Å². The largest absolute Gasteiger partial charge is 0.327 e. The summed E-state index contributed by atoms with van der Waals surface area (Å²) < 4.78 is 0.951. The van der Waals surface area contributed by atoms with Crippen molar-refractivity contribution in [2.75, 3.05) is 13.6 Å². The first kappa shape index (κ1) is 18.4. The third-order valence-electron chi connectivity index (χ3n) is 5.74. The maximum Gasteiger partial charge on any atom is 0.327 e. The molecule has 2 fully saturated rings. The van der Waals surface area contributed by atoms with Gasteiger partial charge in [-0.3, -0.25) is 14.5 Å². The van der Waals surface area contributed by atoms with Crippen LogP contribution in [-0.2, 0) is 4.79 Å². The summed E-state index contributed by atoms with van der Waals surface area (Å²) in [5.41, 5.74) is -0.301. The molecule has 134 valence electrons. The van der Waals surface area contributed by atoms with E-state index in [-0.39, 0.29) is 30.2 Å². The number of urea groups is 1. The first-order valence-electron chi connectivity index (χ1n) is 8.74. The first-order chi connectivity index (χ1) is 11.9. The van der Waals surface area contributed by atoms with E-state index >= 15 is 0 Å². The first-order valence-corrected chi connectivity index (χ1v) is 9.82. The SMILES string of the molecule is CN1C(=O)N(CC(=O)c2cccc(I)c2)C(=O)C1(C)C1CCCCC1. The number of ketones is 1. The number of hydrogen-bond acceptors (Lipinski definition) is 3. The van der Waals surface area contributed by atoms with E-state index in [1.165, 1.54) is 6.42 Å². The Morgan fingerprint density at radius 1 is 1.24 bits per heavy atom. The number of likely N-dealkylation sites (N-methyl/N-ethyl adjacent to an activating group) is 1. The van der Waals surface area contributed by atoms with E-state index in [0.29, 0.717) is 5.56 Å². The van der Waals surface area contributed by atoms with Crippen LogP contribution in [-0.4, -0.2) is 46.7 Å². The van der Waals surface area contributed by atoms with Crippen LogP contribution in [0.3, 0.4) is 0 Å². The Morgan fingerprint density at radius 2 is 1.92 bits per heavy atom. The van der Waals surface area contributed by atoms with Gasteiger partial charge in [0.2, 0.25) is 0 Å². The monoisotopic (exact) mass is 454 g/mol. The number of rotatable bonds is 4. The third-order valence-corrected chi connectivity index (χ3v) is 6.41. The molecule has 0 aromatic heterocycles. The zero-order valence-corrected chi connectivity index (χ0v) is 16.8. The maximum absolute atomic E-state index is 13.1. The predicted octanol–water partition coefficient (Wildman–Crippen LogP) is 3.71. The van der Waals surface area contributed by atoms with Gasteiger partial charge in [0.25, 0.3) is 5.91 Å². The Balaban J connectivity index is 1.81. The standard InChI is InChI=1S/C19H23IN2O3/c1-19(14-8-4-3-5-9-14)17(24)22(18(25)21(19)2)12-16(23)13-7-6-10-15(20)11-13/h6-7,10-11,14H,3-5,8-9,12H2,1-2H3. The molecule has 1 saturated carbocycles. The van der Waals surface area contributed by atoms with Crippen molar-refractivity contribution in [1.82, 2.24) is 9.80 Å². The summed E-state index contributed by atoms with van der Waals surface area (Å²) >= 11 is 2.14. The van der Waals surface area contributed by atoms with Gasteiger partial charge in [0.15, 0.2) is 5.78 Å². The number of nitrogens with zero attached hydrogens (tertiary/aromatic N) is 2. The molecule has 1 saturated heterocycles. The number of benzene rings is 1. The molecule has 2 aliphatic rings. The van der Waals surface area contributed by atoms with Gasteiger partial charge in [0, 0.05) is 16.2 Å². The van der Waals surface area contributed by atoms with Crippen molar-refractivity contribution < 1.29 is 14.4 Å². The lowest BCUT2D eigenvalue weighted by molar-refractivity contribution is -0.135. The van der Waals surface area contributed by atoms with E-state index in [1.807, 2.05) is 13.0 Å². The van der Waals surface area contributed by atoms with Crippen molar-refractivity contribution in [2.45, 2.75) is 44.6 Å². The minimum atomic E-state index is -0.830. The lowest BCUT2D eigenvalue weighted by Crippen LogP contribution is -2.52. The molecule has 1 unspecified atom stereocenters. The zero-order chi connectivity index (χ0) is 18.2. The van der Waals surface area contributed by atoms with Crippen LogP contribution < -0.4 is 0 Å². The van der Waals surface area contributed by atoms with Crippen molar-refractivity contribution in [3.8, 4) is 0 Å². The number of imide groups is 1. The second kappa shape index (κ2) is 7.05. The molecule has 1 aliphatic heterocycles. The Morgan fingerprint density at radius 3 is 2.56 bits per heavy atom. The number of Topliss-reactive ketones (excluding diaryl/α,β-unsaturated/α-hetero) is 1. The molecule has 1 aromatic rings. The molecule has 1 aliphatic carbocycles. The van der Waals surface area contributed by atoms with E-state index in [4.69, 9.17) is 0 Å². The summed E-state index contributed by atoms with van der Waals surface area (Å²) in [5.74, 6) is -0.270. The number of carbonyl (C=O) groups excluding carboxylic acids is 3. The van der Waals surface area contributed by atoms with Gasteiger partial charge in [-0.1, -0.05) is 31.4 Å². The molecule has 0 radical (unpaired) electrons. The van der Waals surface area contributed by atoms with E-state index in [1.54, 1.807) is 30.1 Å². The normalized spacial score (nSPS) is 24.9. The molecule has 1 heterocycles. The summed E-state index contributed by atoms with van der Waals surface area (Å²) in [4.78, 5) is 41.0. The van der Waals surface area contributed by atoms with Crippen LogP contribution in [0.15, 0.2) is 24.3 Å². The average molecular weight is 454 g/mol. The van der Waals surface area contributed by atoms with Gasteiger partial charge >= 0.3 is 6.03 Å². The second-order valence-electron chi connectivity index (χ2n) is 7.15. The predicted molar refractivity (Wildman–Crippen MR) is 103 cm³/mol. The molecule has 0 N–H and O–H groups in total. The van der Waals surface area contributed by atoms with Crippen LogP contribution in [0.1, 0.15) is 49.4 Å². The highest BCUT2D eigenvalue weighted by Crippen LogP contribution is 2.40. The highest BCUT2D eigenvalue weighted by atomic mass is 127. The number of amides is 3. The Bertz CT molecular complexity index is 714. The van der Waals surface area contributed by atoms with Crippen LogP contribution >= 0.6 is 22.6 Å². The fourth-order valence-corrected chi connectivity index (χ4v) is 4.58. The Labute approximate surface area is 161 Å². The van der Waals surface area contributed by atoms with Gasteiger partial charge in [-0.25, -0.2) is 4.79 Å². The minimum Gasteiger partial charge on any atom is -0.313 e. The Kier molecular flexibility index (Phi) is 5.18. The van der Waals surface area contributed by atoms with Crippen molar-refractivity contribution in [1.29, 1.82) is 0 Å². The summed E-state index contributed by atoms with van der Waals surface area (Å²) in [7, 11) is 1.69. The zero-order valence-electron chi connectivity index (χ0n) is 14.6. The highest BCUT2D eigenvalue weighted by molar-refractivity contribution is 14.1. The smallest absolute Gasteiger partial charge is 0.313 e.